The molecule has 1 saturated carbocycles. The molecule has 1 nitrogen and oxygen atoms in total. The Labute approximate surface area is 90.4 Å². The summed E-state index contributed by atoms with van der Waals surface area (Å²) < 4.78 is 0. The van der Waals surface area contributed by atoms with E-state index in [9.17, 15) is 5.11 Å². The molecule has 3 rings (SSSR count). The van der Waals surface area contributed by atoms with Gasteiger partial charge < -0.3 is 5.11 Å². The molecule has 0 atom stereocenters. The van der Waals surface area contributed by atoms with Crippen LogP contribution in [0.15, 0.2) is 24.3 Å². The van der Waals surface area contributed by atoms with Crippen LogP contribution in [0.2, 0.25) is 0 Å². The average Bonchev–Trinajstić information content (AvgIpc) is 2.67. The van der Waals surface area contributed by atoms with E-state index >= 15 is 0 Å². The number of phenols is 1. The largest absolute Gasteiger partial charge is 0.508 e. The number of benzene rings is 1. The first-order chi connectivity index (χ1) is 7.27. The van der Waals surface area contributed by atoms with Crippen LogP contribution in [0, 0.1) is 5.41 Å². The number of hydrogen-bond acceptors (Lipinski definition) is 1. The van der Waals surface area contributed by atoms with Gasteiger partial charge in [-0.1, -0.05) is 31.1 Å². The minimum absolute atomic E-state index is 0.376. The maximum absolute atomic E-state index is 9.41. The zero-order valence-electron chi connectivity index (χ0n) is 8.87. The topological polar surface area (TPSA) is 20.2 Å². The molecule has 1 N–H and O–H groups in total. The zero-order valence-corrected chi connectivity index (χ0v) is 8.87. The quantitative estimate of drug-likeness (QED) is 0.679. The average molecular weight is 200 g/mol. The molecule has 78 valence electrons. The third-order valence-corrected chi connectivity index (χ3v) is 3.89. The Morgan fingerprint density at radius 1 is 1.13 bits per heavy atom. The van der Waals surface area contributed by atoms with Crippen molar-refractivity contribution in [2.45, 2.75) is 32.1 Å². The summed E-state index contributed by atoms with van der Waals surface area (Å²) in [5.41, 5.74) is 3.05. The molecular weight excluding hydrogens is 184 g/mol. The van der Waals surface area contributed by atoms with Gasteiger partial charge in [-0.05, 0) is 47.9 Å². The summed E-state index contributed by atoms with van der Waals surface area (Å²) in [6.07, 6.45) is 11.2. The fraction of sp³-hybridized carbons (Fsp3) is 0.429. The standard InChI is InChI=1S/C14H16O/c15-13-4-3-12-10-14(6-1-2-7-14)8-5-11(12)9-13/h3-5,8-9,15H,1-2,6-7,10H2. The van der Waals surface area contributed by atoms with Gasteiger partial charge in [-0.15, -0.1) is 0 Å². The predicted octanol–water partition coefficient (Wildman–Crippen LogP) is 3.52. The molecule has 1 aromatic carbocycles. The minimum Gasteiger partial charge on any atom is -0.508 e. The number of allylic oxidation sites excluding steroid dienone is 1. The summed E-state index contributed by atoms with van der Waals surface area (Å²) >= 11 is 0. The third kappa shape index (κ3) is 1.46. The van der Waals surface area contributed by atoms with Crippen LogP contribution in [0.25, 0.3) is 6.08 Å². The molecule has 0 aliphatic heterocycles. The molecular formula is C14H16O. The number of fused-ring (bicyclic) bond motifs is 1. The summed E-state index contributed by atoms with van der Waals surface area (Å²) in [6, 6.07) is 5.75. The van der Waals surface area contributed by atoms with Crippen molar-refractivity contribution in [2.24, 2.45) is 5.41 Å². The Morgan fingerprint density at radius 2 is 1.93 bits per heavy atom. The molecule has 15 heavy (non-hydrogen) atoms. The number of hydrogen-bond donors (Lipinski definition) is 1. The van der Waals surface area contributed by atoms with Crippen molar-refractivity contribution in [3.8, 4) is 5.75 Å². The van der Waals surface area contributed by atoms with Crippen LogP contribution in [0.5, 0.6) is 5.75 Å². The molecule has 0 saturated heterocycles. The Morgan fingerprint density at radius 3 is 2.73 bits per heavy atom. The second kappa shape index (κ2) is 3.13. The van der Waals surface area contributed by atoms with Crippen molar-refractivity contribution in [3.05, 3.63) is 35.4 Å². The van der Waals surface area contributed by atoms with Crippen molar-refractivity contribution in [3.63, 3.8) is 0 Å². The van der Waals surface area contributed by atoms with E-state index in [0.29, 0.717) is 11.2 Å². The van der Waals surface area contributed by atoms with Gasteiger partial charge >= 0.3 is 0 Å². The molecule has 1 heteroatoms. The molecule has 1 spiro atoms. The Hall–Kier alpha value is -1.24. The van der Waals surface area contributed by atoms with Gasteiger partial charge in [0.15, 0.2) is 0 Å². The second-order valence-corrected chi connectivity index (χ2v) is 4.96. The van der Waals surface area contributed by atoms with E-state index in [-0.39, 0.29) is 0 Å². The van der Waals surface area contributed by atoms with Crippen molar-refractivity contribution >= 4 is 6.08 Å². The molecule has 0 radical (unpaired) electrons. The Balaban J connectivity index is 2.00. The zero-order chi connectivity index (χ0) is 10.3. The summed E-state index contributed by atoms with van der Waals surface area (Å²) in [6.45, 7) is 0. The third-order valence-electron chi connectivity index (χ3n) is 3.89. The van der Waals surface area contributed by atoms with Crippen LogP contribution in [-0.4, -0.2) is 5.11 Å². The van der Waals surface area contributed by atoms with Gasteiger partial charge in [0.25, 0.3) is 0 Å². The smallest absolute Gasteiger partial charge is 0.116 e. The van der Waals surface area contributed by atoms with E-state index in [4.69, 9.17) is 0 Å². The molecule has 0 amide bonds. The van der Waals surface area contributed by atoms with Crippen LogP contribution < -0.4 is 0 Å². The molecule has 0 aromatic heterocycles. The Bertz CT molecular complexity index is 411. The number of phenolic OH excluding ortho intramolecular Hbond substituents is 1. The van der Waals surface area contributed by atoms with Crippen LogP contribution in [0.4, 0.5) is 0 Å². The lowest BCUT2D eigenvalue weighted by molar-refractivity contribution is 0.391. The van der Waals surface area contributed by atoms with E-state index in [0.717, 1.165) is 0 Å². The predicted molar refractivity (Wildman–Crippen MR) is 61.7 cm³/mol. The monoisotopic (exact) mass is 200 g/mol. The molecule has 0 bridgehead atoms. The lowest BCUT2D eigenvalue weighted by Gasteiger charge is -2.29. The maximum Gasteiger partial charge on any atom is 0.116 e. The first-order valence-electron chi connectivity index (χ1n) is 5.79. The lowest BCUT2D eigenvalue weighted by atomic mass is 9.75. The van der Waals surface area contributed by atoms with Gasteiger partial charge in [-0.25, -0.2) is 0 Å². The highest BCUT2D eigenvalue weighted by atomic mass is 16.3. The van der Waals surface area contributed by atoms with E-state index in [1.807, 2.05) is 6.07 Å². The van der Waals surface area contributed by atoms with Crippen LogP contribution in [-0.2, 0) is 6.42 Å². The molecule has 0 heterocycles. The minimum atomic E-state index is 0.376. The fourth-order valence-corrected chi connectivity index (χ4v) is 3.03. The number of aromatic hydroxyl groups is 1. The van der Waals surface area contributed by atoms with Crippen molar-refractivity contribution in [1.82, 2.24) is 0 Å². The maximum atomic E-state index is 9.41. The summed E-state index contributed by atoms with van der Waals surface area (Å²) in [5.74, 6) is 0.376. The van der Waals surface area contributed by atoms with Gasteiger partial charge in [-0.3, -0.25) is 0 Å². The van der Waals surface area contributed by atoms with Gasteiger partial charge in [0.1, 0.15) is 5.75 Å². The van der Waals surface area contributed by atoms with E-state index < -0.39 is 0 Å². The van der Waals surface area contributed by atoms with Gasteiger partial charge in [-0.2, -0.15) is 0 Å². The highest BCUT2D eigenvalue weighted by Gasteiger charge is 2.33. The summed E-state index contributed by atoms with van der Waals surface area (Å²) in [7, 11) is 0. The molecule has 2 aliphatic rings. The van der Waals surface area contributed by atoms with E-state index in [2.05, 4.69) is 18.2 Å². The number of rotatable bonds is 0. The molecule has 1 aromatic rings. The van der Waals surface area contributed by atoms with Gasteiger partial charge in [0.2, 0.25) is 0 Å². The summed E-state index contributed by atoms with van der Waals surface area (Å²) in [4.78, 5) is 0. The normalized spacial score (nSPS) is 21.9. The van der Waals surface area contributed by atoms with Gasteiger partial charge in [0, 0.05) is 0 Å². The molecule has 2 aliphatic carbocycles. The fourth-order valence-electron chi connectivity index (χ4n) is 3.03. The van der Waals surface area contributed by atoms with Gasteiger partial charge in [0.05, 0.1) is 0 Å². The van der Waals surface area contributed by atoms with Crippen molar-refractivity contribution in [1.29, 1.82) is 0 Å². The first kappa shape index (κ1) is 9.02. The molecule has 1 fully saturated rings. The van der Waals surface area contributed by atoms with Crippen LogP contribution in [0.3, 0.4) is 0 Å². The first-order valence-corrected chi connectivity index (χ1v) is 5.79. The highest BCUT2D eigenvalue weighted by Crippen LogP contribution is 2.45. The van der Waals surface area contributed by atoms with E-state index in [1.165, 1.54) is 43.2 Å². The molecule has 0 unspecified atom stereocenters. The SMILES string of the molecule is Oc1ccc2c(c1)C=CC1(CCCC1)C2. The summed E-state index contributed by atoms with van der Waals surface area (Å²) in [5, 5.41) is 9.41. The van der Waals surface area contributed by atoms with Crippen LogP contribution in [0.1, 0.15) is 36.8 Å². The van der Waals surface area contributed by atoms with Crippen LogP contribution >= 0.6 is 0 Å². The van der Waals surface area contributed by atoms with Crippen molar-refractivity contribution < 1.29 is 5.11 Å². The van der Waals surface area contributed by atoms with E-state index in [1.54, 1.807) is 6.07 Å². The lowest BCUT2D eigenvalue weighted by Crippen LogP contribution is -2.19. The van der Waals surface area contributed by atoms with Crippen molar-refractivity contribution in [2.75, 3.05) is 0 Å². The Kier molecular flexibility index (Phi) is 1.88. The second-order valence-electron chi connectivity index (χ2n) is 4.96. The highest BCUT2D eigenvalue weighted by molar-refractivity contribution is 5.60.